The Morgan fingerprint density at radius 2 is 1.15 bits per heavy atom. The van der Waals surface area contributed by atoms with Crippen LogP contribution in [0.2, 0.25) is 0 Å². The topological polar surface area (TPSA) is 13.1 Å². The van der Waals surface area contributed by atoms with Crippen molar-refractivity contribution < 1.29 is 4.42 Å². The van der Waals surface area contributed by atoms with Gasteiger partial charge in [0.25, 0.3) is 0 Å². The van der Waals surface area contributed by atoms with Crippen LogP contribution in [0.3, 0.4) is 0 Å². The van der Waals surface area contributed by atoms with E-state index in [1.165, 1.54) is 38.6 Å². The second-order valence-corrected chi connectivity index (χ2v) is 6.76. The van der Waals surface area contributed by atoms with Crippen molar-refractivity contribution >= 4 is 21.9 Å². The van der Waals surface area contributed by atoms with Crippen molar-refractivity contribution in [1.29, 1.82) is 0 Å². The van der Waals surface area contributed by atoms with Gasteiger partial charge in [-0.15, -0.1) is 0 Å². The molecule has 5 rings (SSSR count). The second kappa shape index (κ2) is 5.89. The summed E-state index contributed by atoms with van der Waals surface area (Å²) in [4.78, 5) is 0. The monoisotopic (exact) mass is 334 g/mol. The van der Waals surface area contributed by atoms with Crippen molar-refractivity contribution in [3.8, 4) is 22.3 Å². The summed E-state index contributed by atoms with van der Waals surface area (Å²) in [6, 6.07) is 32.0. The summed E-state index contributed by atoms with van der Waals surface area (Å²) >= 11 is 0. The summed E-state index contributed by atoms with van der Waals surface area (Å²) in [7, 11) is 0. The van der Waals surface area contributed by atoms with Crippen LogP contribution >= 0.6 is 0 Å². The van der Waals surface area contributed by atoms with E-state index < -0.39 is 0 Å². The van der Waals surface area contributed by atoms with Gasteiger partial charge in [0, 0.05) is 10.8 Å². The Kier molecular flexibility index (Phi) is 3.39. The van der Waals surface area contributed by atoms with Crippen molar-refractivity contribution in [3.05, 3.63) is 96.6 Å². The maximum absolute atomic E-state index is 5.95. The highest BCUT2D eigenvalue weighted by Gasteiger charge is 2.08. The van der Waals surface area contributed by atoms with E-state index in [1.54, 1.807) is 0 Å². The summed E-state index contributed by atoms with van der Waals surface area (Å²) in [5, 5.41) is 2.33. The van der Waals surface area contributed by atoms with E-state index in [0.717, 1.165) is 11.2 Å². The third-order valence-electron chi connectivity index (χ3n) is 4.92. The van der Waals surface area contributed by atoms with Crippen LogP contribution in [-0.2, 0) is 0 Å². The molecule has 0 saturated carbocycles. The lowest BCUT2D eigenvalue weighted by molar-refractivity contribution is 0.669. The van der Waals surface area contributed by atoms with Gasteiger partial charge in [0.2, 0.25) is 0 Å². The van der Waals surface area contributed by atoms with E-state index in [4.69, 9.17) is 4.42 Å². The van der Waals surface area contributed by atoms with E-state index in [0.29, 0.717) is 0 Å². The zero-order chi connectivity index (χ0) is 17.5. The van der Waals surface area contributed by atoms with Crippen LogP contribution < -0.4 is 0 Å². The van der Waals surface area contributed by atoms with Crippen LogP contribution in [0.1, 0.15) is 5.56 Å². The fourth-order valence-corrected chi connectivity index (χ4v) is 3.61. The fourth-order valence-electron chi connectivity index (χ4n) is 3.61. The molecule has 0 radical (unpaired) electrons. The Hall–Kier alpha value is -3.32. The first-order valence-electron chi connectivity index (χ1n) is 8.87. The van der Waals surface area contributed by atoms with Crippen LogP contribution in [0.15, 0.2) is 95.4 Å². The number of rotatable bonds is 2. The Morgan fingerprint density at radius 1 is 0.500 bits per heavy atom. The molecular weight excluding hydrogens is 316 g/mol. The van der Waals surface area contributed by atoms with Crippen LogP contribution in [0.5, 0.6) is 0 Å². The van der Waals surface area contributed by atoms with Crippen LogP contribution in [0.4, 0.5) is 0 Å². The minimum Gasteiger partial charge on any atom is -0.456 e. The van der Waals surface area contributed by atoms with Crippen LogP contribution in [0, 0.1) is 6.92 Å². The molecule has 1 heteroatoms. The fraction of sp³-hybridized carbons (Fsp3) is 0.0400. The quantitative estimate of drug-likeness (QED) is 0.332. The summed E-state index contributed by atoms with van der Waals surface area (Å²) in [5.74, 6) is 0. The van der Waals surface area contributed by atoms with Gasteiger partial charge < -0.3 is 4.42 Å². The number of aryl methyl sites for hydroxylation is 1. The molecule has 124 valence electrons. The van der Waals surface area contributed by atoms with Gasteiger partial charge in [-0.2, -0.15) is 0 Å². The third-order valence-corrected chi connectivity index (χ3v) is 4.92. The highest BCUT2D eigenvalue weighted by molar-refractivity contribution is 6.06. The van der Waals surface area contributed by atoms with Gasteiger partial charge >= 0.3 is 0 Å². The van der Waals surface area contributed by atoms with Gasteiger partial charge in [0.05, 0.1) is 0 Å². The SMILES string of the molecule is Cc1cccc(-c2cccc(-c3ccc4oc5ccccc5c4c3)c2)c1. The summed E-state index contributed by atoms with van der Waals surface area (Å²) < 4.78 is 5.95. The molecule has 0 fully saturated rings. The molecule has 0 N–H and O–H groups in total. The molecule has 0 spiro atoms. The molecule has 1 aromatic heterocycles. The van der Waals surface area contributed by atoms with E-state index >= 15 is 0 Å². The molecule has 0 saturated heterocycles. The predicted molar refractivity (Wildman–Crippen MR) is 109 cm³/mol. The van der Waals surface area contributed by atoms with Gasteiger partial charge in [-0.25, -0.2) is 0 Å². The molecular formula is C25H18O. The van der Waals surface area contributed by atoms with Crippen molar-refractivity contribution in [2.75, 3.05) is 0 Å². The molecule has 0 unspecified atom stereocenters. The molecule has 5 aromatic rings. The molecule has 1 nitrogen and oxygen atoms in total. The molecule has 26 heavy (non-hydrogen) atoms. The normalized spacial score (nSPS) is 11.3. The molecule has 0 aliphatic heterocycles. The Balaban J connectivity index is 1.65. The predicted octanol–water partition coefficient (Wildman–Crippen LogP) is 7.23. The van der Waals surface area contributed by atoms with Crippen molar-refractivity contribution in [1.82, 2.24) is 0 Å². The van der Waals surface area contributed by atoms with Crippen molar-refractivity contribution in [2.45, 2.75) is 6.92 Å². The van der Waals surface area contributed by atoms with Gasteiger partial charge in [-0.3, -0.25) is 0 Å². The third kappa shape index (κ3) is 2.49. The van der Waals surface area contributed by atoms with Crippen molar-refractivity contribution in [2.24, 2.45) is 0 Å². The highest BCUT2D eigenvalue weighted by Crippen LogP contribution is 2.33. The van der Waals surface area contributed by atoms with Crippen LogP contribution in [-0.4, -0.2) is 0 Å². The largest absolute Gasteiger partial charge is 0.456 e. The maximum atomic E-state index is 5.95. The average molecular weight is 334 g/mol. The zero-order valence-electron chi connectivity index (χ0n) is 14.6. The smallest absolute Gasteiger partial charge is 0.135 e. The summed E-state index contributed by atoms with van der Waals surface area (Å²) in [6.07, 6.45) is 0. The molecule has 0 atom stereocenters. The van der Waals surface area contributed by atoms with Gasteiger partial charge in [-0.05, 0) is 53.4 Å². The summed E-state index contributed by atoms with van der Waals surface area (Å²) in [6.45, 7) is 2.13. The lowest BCUT2D eigenvalue weighted by Gasteiger charge is -2.07. The molecule has 0 bridgehead atoms. The number of benzene rings is 4. The molecule has 0 amide bonds. The maximum Gasteiger partial charge on any atom is 0.135 e. The number of hydrogen-bond acceptors (Lipinski definition) is 1. The molecule has 1 heterocycles. The van der Waals surface area contributed by atoms with E-state index in [2.05, 4.69) is 85.8 Å². The number of para-hydroxylation sites is 1. The first-order chi connectivity index (χ1) is 12.8. The molecule has 4 aromatic carbocycles. The zero-order valence-corrected chi connectivity index (χ0v) is 14.6. The first kappa shape index (κ1) is 15.0. The van der Waals surface area contributed by atoms with E-state index in [1.807, 2.05) is 12.1 Å². The number of hydrogen-bond donors (Lipinski definition) is 0. The lowest BCUT2D eigenvalue weighted by Crippen LogP contribution is -1.82. The Morgan fingerprint density at radius 3 is 1.96 bits per heavy atom. The van der Waals surface area contributed by atoms with Crippen molar-refractivity contribution in [3.63, 3.8) is 0 Å². The Bertz CT molecular complexity index is 1240. The molecule has 0 aliphatic rings. The van der Waals surface area contributed by atoms with E-state index in [9.17, 15) is 0 Å². The number of fused-ring (bicyclic) bond motifs is 3. The summed E-state index contributed by atoms with van der Waals surface area (Å²) in [5.41, 5.74) is 8.07. The minimum atomic E-state index is 0.935. The minimum absolute atomic E-state index is 0.935. The standard InChI is InChI=1S/C25H18O/c1-17-6-4-7-18(14-17)19-8-5-9-20(15-19)21-12-13-25-23(16-21)22-10-2-3-11-24(22)26-25/h2-16H,1H3. The van der Waals surface area contributed by atoms with Gasteiger partial charge in [-0.1, -0.05) is 72.3 Å². The highest BCUT2D eigenvalue weighted by atomic mass is 16.3. The van der Waals surface area contributed by atoms with Gasteiger partial charge in [0.15, 0.2) is 0 Å². The second-order valence-electron chi connectivity index (χ2n) is 6.76. The van der Waals surface area contributed by atoms with Gasteiger partial charge in [0.1, 0.15) is 11.2 Å². The lowest BCUT2D eigenvalue weighted by atomic mass is 9.97. The van der Waals surface area contributed by atoms with E-state index in [-0.39, 0.29) is 0 Å². The Labute approximate surface area is 152 Å². The number of furan rings is 1. The average Bonchev–Trinajstić information content (AvgIpc) is 3.06. The molecule has 0 aliphatic carbocycles. The first-order valence-corrected chi connectivity index (χ1v) is 8.87. The van der Waals surface area contributed by atoms with Crippen LogP contribution in [0.25, 0.3) is 44.2 Å².